The van der Waals surface area contributed by atoms with Crippen LogP contribution in [-0.4, -0.2) is 28.0 Å². The van der Waals surface area contributed by atoms with Crippen LogP contribution in [-0.2, 0) is 11.3 Å². The summed E-state index contributed by atoms with van der Waals surface area (Å²) in [5.74, 6) is 3.63. The molecule has 0 heterocycles. The second kappa shape index (κ2) is 10.3. The molecule has 3 heteroatoms. The van der Waals surface area contributed by atoms with Crippen molar-refractivity contribution in [2.75, 3.05) is 0 Å². The molecule has 5 rings (SSSR count). The molecular weight excluding hydrogens is 444 g/mol. The van der Waals surface area contributed by atoms with E-state index < -0.39 is 0 Å². The second-order valence-electron chi connectivity index (χ2n) is 14.3. The Labute approximate surface area is 220 Å². The van der Waals surface area contributed by atoms with Crippen LogP contribution in [0.4, 0.5) is 0 Å². The number of hydrogen-bond acceptors (Lipinski definition) is 3. The van der Waals surface area contributed by atoms with Crippen molar-refractivity contribution in [1.82, 2.24) is 0 Å². The zero-order chi connectivity index (χ0) is 25.6. The first-order valence-electron chi connectivity index (χ1n) is 15.2. The minimum atomic E-state index is -0.182. The molecule has 0 saturated heterocycles. The van der Waals surface area contributed by atoms with Gasteiger partial charge < -0.3 is 14.9 Å². The predicted molar refractivity (Wildman–Crippen MR) is 146 cm³/mol. The maximum absolute atomic E-state index is 11.5. The molecule has 9 unspecified atom stereocenters. The number of hydrogen-bond donors (Lipinski definition) is 2. The lowest BCUT2D eigenvalue weighted by Crippen LogP contribution is -2.54. The third-order valence-corrected chi connectivity index (χ3v) is 11.9. The van der Waals surface area contributed by atoms with E-state index in [9.17, 15) is 10.2 Å². The van der Waals surface area contributed by atoms with Crippen LogP contribution in [0.5, 0.6) is 0 Å². The molecule has 36 heavy (non-hydrogen) atoms. The smallest absolute Gasteiger partial charge is 0.0724 e. The van der Waals surface area contributed by atoms with Gasteiger partial charge in [-0.25, -0.2) is 0 Å². The molecule has 0 bridgehead atoms. The van der Waals surface area contributed by atoms with E-state index in [2.05, 4.69) is 52.0 Å². The zero-order valence-electron chi connectivity index (χ0n) is 23.4. The molecule has 0 amide bonds. The summed E-state index contributed by atoms with van der Waals surface area (Å²) in [5.41, 5.74) is 1.79. The fourth-order valence-corrected chi connectivity index (χ4v) is 9.77. The van der Waals surface area contributed by atoms with E-state index in [0.29, 0.717) is 23.4 Å². The molecule has 0 spiro atoms. The Kier molecular flexibility index (Phi) is 7.67. The number of benzene rings is 1. The van der Waals surface area contributed by atoms with Gasteiger partial charge in [0.15, 0.2) is 0 Å². The molecule has 0 aromatic heterocycles. The van der Waals surface area contributed by atoms with Gasteiger partial charge >= 0.3 is 0 Å². The van der Waals surface area contributed by atoms with E-state index in [-0.39, 0.29) is 17.8 Å². The number of aliphatic hydroxyl groups is 2. The SMILES string of the molecule is CC(C)(CCCC(O)C1CCC2C3CCC4CC(O)CCC4(C)C3CCC12C)OCc1ccccc1. The minimum Gasteiger partial charge on any atom is -0.393 e. The van der Waals surface area contributed by atoms with Gasteiger partial charge in [-0.1, -0.05) is 44.2 Å². The fourth-order valence-electron chi connectivity index (χ4n) is 9.77. The lowest BCUT2D eigenvalue weighted by Gasteiger charge is -2.61. The van der Waals surface area contributed by atoms with Gasteiger partial charge in [0, 0.05) is 0 Å². The first kappa shape index (κ1) is 26.7. The summed E-state index contributed by atoms with van der Waals surface area (Å²) in [4.78, 5) is 0. The largest absolute Gasteiger partial charge is 0.393 e. The molecule has 1 aromatic carbocycles. The topological polar surface area (TPSA) is 49.7 Å². The summed E-state index contributed by atoms with van der Waals surface area (Å²) in [6, 6.07) is 10.4. The molecule has 4 saturated carbocycles. The first-order chi connectivity index (χ1) is 17.1. The van der Waals surface area contributed by atoms with Crippen molar-refractivity contribution >= 4 is 0 Å². The van der Waals surface area contributed by atoms with E-state index in [1.54, 1.807) is 0 Å². The molecule has 1 aromatic rings. The van der Waals surface area contributed by atoms with Gasteiger partial charge in [0.1, 0.15) is 0 Å². The quantitative estimate of drug-likeness (QED) is 0.391. The van der Waals surface area contributed by atoms with Crippen LogP contribution >= 0.6 is 0 Å². The summed E-state index contributed by atoms with van der Waals surface area (Å²) < 4.78 is 6.25. The molecular formula is C33H52O3. The zero-order valence-corrected chi connectivity index (χ0v) is 23.4. The maximum atomic E-state index is 11.5. The Morgan fingerprint density at radius 1 is 0.944 bits per heavy atom. The number of aliphatic hydroxyl groups excluding tert-OH is 2. The van der Waals surface area contributed by atoms with Crippen LogP contribution in [0.25, 0.3) is 0 Å². The summed E-state index contributed by atoms with van der Waals surface area (Å²) in [6.07, 6.45) is 13.7. The molecule has 9 atom stereocenters. The van der Waals surface area contributed by atoms with Gasteiger partial charge in [0.25, 0.3) is 0 Å². The Balaban J connectivity index is 1.15. The van der Waals surface area contributed by atoms with E-state index in [0.717, 1.165) is 55.8 Å². The standard InChI is InChI=1S/C33H52O3/c1-31(2,36-22-23-9-6-5-7-10-23)18-8-11-30(35)29-15-14-27-26-13-12-24-21-25(34)16-19-32(24,3)28(26)17-20-33(27,29)4/h5-7,9-10,24-30,34-35H,8,11-22H2,1-4H3. The van der Waals surface area contributed by atoms with Crippen molar-refractivity contribution in [2.45, 2.75) is 129 Å². The van der Waals surface area contributed by atoms with Crippen LogP contribution in [0, 0.1) is 40.4 Å². The van der Waals surface area contributed by atoms with Gasteiger partial charge in [-0.3, -0.25) is 0 Å². The van der Waals surface area contributed by atoms with Gasteiger partial charge in [-0.15, -0.1) is 0 Å². The Morgan fingerprint density at radius 2 is 1.67 bits per heavy atom. The van der Waals surface area contributed by atoms with E-state index in [1.165, 1.54) is 50.5 Å². The summed E-state index contributed by atoms with van der Waals surface area (Å²) >= 11 is 0. The lowest BCUT2D eigenvalue weighted by atomic mass is 9.44. The minimum absolute atomic E-state index is 0.0618. The van der Waals surface area contributed by atoms with Crippen molar-refractivity contribution in [3.05, 3.63) is 35.9 Å². The Bertz CT molecular complexity index is 867. The van der Waals surface area contributed by atoms with Gasteiger partial charge in [-0.05, 0) is 137 Å². The van der Waals surface area contributed by atoms with Gasteiger partial charge in [0.2, 0.25) is 0 Å². The predicted octanol–water partition coefficient (Wildman–Crippen LogP) is 7.53. The normalized spacial score (nSPS) is 41.3. The third-order valence-electron chi connectivity index (χ3n) is 11.9. The van der Waals surface area contributed by atoms with Crippen LogP contribution in [0.3, 0.4) is 0 Å². The molecule has 4 fully saturated rings. The van der Waals surface area contributed by atoms with Crippen molar-refractivity contribution < 1.29 is 14.9 Å². The fraction of sp³-hybridized carbons (Fsp3) is 0.818. The summed E-state index contributed by atoms with van der Waals surface area (Å²) in [7, 11) is 0. The van der Waals surface area contributed by atoms with Gasteiger partial charge in [-0.2, -0.15) is 0 Å². The highest BCUT2D eigenvalue weighted by Gasteiger charge is 2.60. The first-order valence-corrected chi connectivity index (χ1v) is 15.2. The average molecular weight is 497 g/mol. The monoisotopic (exact) mass is 496 g/mol. The van der Waals surface area contributed by atoms with Crippen molar-refractivity contribution in [3.8, 4) is 0 Å². The molecule has 2 N–H and O–H groups in total. The Hall–Kier alpha value is -0.900. The highest BCUT2D eigenvalue weighted by atomic mass is 16.5. The van der Waals surface area contributed by atoms with E-state index >= 15 is 0 Å². The third kappa shape index (κ3) is 5.06. The Morgan fingerprint density at radius 3 is 2.44 bits per heavy atom. The number of ether oxygens (including phenoxy) is 1. The van der Waals surface area contributed by atoms with Crippen molar-refractivity contribution in [2.24, 2.45) is 40.4 Å². The molecule has 3 nitrogen and oxygen atoms in total. The molecule has 0 radical (unpaired) electrons. The van der Waals surface area contributed by atoms with Crippen LogP contribution in [0.15, 0.2) is 30.3 Å². The summed E-state index contributed by atoms with van der Waals surface area (Å²) in [6.45, 7) is 10.2. The molecule has 0 aliphatic heterocycles. The molecule has 4 aliphatic carbocycles. The van der Waals surface area contributed by atoms with Crippen LogP contribution < -0.4 is 0 Å². The maximum Gasteiger partial charge on any atom is 0.0724 e. The van der Waals surface area contributed by atoms with Crippen LogP contribution in [0.1, 0.15) is 110 Å². The van der Waals surface area contributed by atoms with E-state index in [4.69, 9.17) is 4.74 Å². The molecule has 202 valence electrons. The van der Waals surface area contributed by atoms with E-state index in [1.807, 2.05) is 6.07 Å². The highest BCUT2D eigenvalue weighted by Crippen LogP contribution is 2.67. The number of rotatable bonds is 8. The van der Waals surface area contributed by atoms with Gasteiger partial charge in [0.05, 0.1) is 24.4 Å². The highest BCUT2D eigenvalue weighted by molar-refractivity contribution is 5.13. The lowest BCUT2D eigenvalue weighted by molar-refractivity contribution is -0.133. The molecule has 4 aliphatic rings. The summed E-state index contributed by atoms with van der Waals surface area (Å²) in [5, 5.41) is 21.8. The number of fused-ring (bicyclic) bond motifs is 5. The van der Waals surface area contributed by atoms with Crippen LogP contribution in [0.2, 0.25) is 0 Å². The average Bonchev–Trinajstić information content (AvgIpc) is 3.21. The van der Waals surface area contributed by atoms with Crippen molar-refractivity contribution in [1.29, 1.82) is 0 Å². The van der Waals surface area contributed by atoms with Crippen molar-refractivity contribution in [3.63, 3.8) is 0 Å². The second-order valence-corrected chi connectivity index (χ2v) is 14.3.